The van der Waals surface area contributed by atoms with Crippen LogP contribution in [0.1, 0.15) is 12.8 Å². The van der Waals surface area contributed by atoms with Gasteiger partial charge >= 0.3 is 0 Å². The third-order valence-electron chi connectivity index (χ3n) is 9.53. The van der Waals surface area contributed by atoms with E-state index in [0.29, 0.717) is 67.4 Å². The summed E-state index contributed by atoms with van der Waals surface area (Å²) in [6.45, 7) is 2.68. The number of pyridine rings is 1. The molecular formula is C35H29Cl2F2N7O5S2. The Morgan fingerprint density at radius 2 is 1.64 bits per heavy atom. The molecule has 0 aliphatic carbocycles. The maximum atomic E-state index is 15.9. The monoisotopic (exact) mass is 799 g/mol. The number of para-hydroxylation sites is 1. The van der Waals surface area contributed by atoms with Gasteiger partial charge in [0, 0.05) is 11.6 Å². The third-order valence-corrected chi connectivity index (χ3v) is 14.2. The van der Waals surface area contributed by atoms with Gasteiger partial charge < -0.3 is 10.1 Å². The molecule has 5 heterocycles. The minimum atomic E-state index is -4.45. The van der Waals surface area contributed by atoms with Gasteiger partial charge in [-0.15, -0.1) is 0 Å². The van der Waals surface area contributed by atoms with Crippen molar-refractivity contribution in [2.75, 3.05) is 36.3 Å². The molecule has 53 heavy (non-hydrogen) atoms. The van der Waals surface area contributed by atoms with Crippen LogP contribution >= 0.6 is 23.2 Å². The highest BCUT2D eigenvalue weighted by molar-refractivity contribution is 7.93. The lowest BCUT2D eigenvalue weighted by Gasteiger charge is -2.41. The molecule has 3 aromatic heterocycles. The third kappa shape index (κ3) is 6.46. The van der Waals surface area contributed by atoms with Gasteiger partial charge in [-0.3, -0.25) is 14.2 Å². The molecule has 2 N–H and O–H groups in total. The second-order valence-corrected chi connectivity index (χ2v) is 17.3. The molecule has 0 atom stereocenters. The number of ether oxygens (including phenoxy) is 1. The number of nitrogens with one attached hydrogen (secondary N) is 2. The van der Waals surface area contributed by atoms with Crippen molar-refractivity contribution in [3.63, 3.8) is 0 Å². The summed E-state index contributed by atoms with van der Waals surface area (Å²) < 4.78 is 94.7. The number of hydrogen-bond acceptors (Lipinski definition) is 10. The summed E-state index contributed by atoms with van der Waals surface area (Å²) in [6.07, 6.45) is 3.74. The van der Waals surface area contributed by atoms with Crippen LogP contribution in [0.4, 0.5) is 26.0 Å². The lowest BCUT2D eigenvalue weighted by atomic mass is 10.1. The molecule has 274 valence electrons. The SMILES string of the molecule is O=S(=O)(Nc1ccc(F)c(Nc2ncnc3ccc(-n4cc(S(=O)(=O)C5CCN(C6COC6)CC5)c5ccccc54)nc23)c1F)c1cccc(Cl)c1Cl. The zero-order valence-electron chi connectivity index (χ0n) is 27.5. The molecule has 0 bridgehead atoms. The minimum absolute atomic E-state index is 0.0271. The maximum absolute atomic E-state index is 15.9. The van der Waals surface area contributed by atoms with Gasteiger partial charge in [0.25, 0.3) is 10.0 Å². The molecule has 0 radical (unpaired) electrons. The molecule has 2 aliphatic heterocycles. The van der Waals surface area contributed by atoms with E-state index < -0.39 is 53.0 Å². The van der Waals surface area contributed by atoms with Crippen molar-refractivity contribution in [2.24, 2.45) is 0 Å². The Bertz CT molecular complexity index is 2640. The molecule has 3 aromatic carbocycles. The van der Waals surface area contributed by atoms with E-state index in [9.17, 15) is 16.8 Å². The smallest absolute Gasteiger partial charge is 0.263 e. The average molecular weight is 801 g/mol. The highest BCUT2D eigenvalue weighted by Gasteiger charge is 2.37. The standard InChI is InChI=1S/C35H29Cl2F2N7O5S2/c36-23-5-3-7-28(31(23)37)53(49,50)44-25-9-8-24(38)33(32(25)39)43-35-34-26(40-19-41-35)10-11-30(42-34)46-16-29(22-4-1-2-6-27(22)46)52(47,48)21-12-14-45(15-13-21)20-17-51-18-20/h1-11,16,19-21,44H,12-15,17-18H2,(H,40,41,43). The van der Waals surface area contributed by atoms with Crippen molar-refractivity contribution in [1.29, 1.82) is 0 Å². The van der Waals surface area contributed by atoms with E-state index in [0.717, 1.165) is 12.1 Å². The van der Waals surface area contributed by atoms with Crippen LogP contribution in [0.15, 0.2) is 89.0 Å². The highest BCUT2D eigenvalue weighted by atomic mass is 35.5. The second kappa shape index (κ2) is 13.8. The van der Waals surface area contributed by atoms with Crippen LogP contribution in [-0.4, -0.2) is 78.8 Å². The van der Waals surface area contributed by atoms with E-state index in [-0.39, 0.29) is 26.3 Å². The van der Waals surface area contributed by atoms with Crippen LogP contribution in [0.25, 0.3) is 27.8 Å². The Kier molecular flexibility index (Phi) is 9.23. The van der Waals surface area contributed by atoms with Crippen molar-refractivity contribution in [1.82, 2.24) is 24.4 Å². The molecule has 0 saturated carbocycles. The van der Waals surface area contributed by atoms with E-state index in [1.807, 2.05) is 0 Å². The molecule has 18 heteroatoms. The zero-order chi connectivity index (χ0) is 37.1. The number of fused-ring (bicyclic) bond motifs is 2. The predicted molar refractivity (Wildman–Crippen MR) is 197 cm³/mol. The van der Waals surface area contributed by atoms with Crippen molar-refractivity contribution < 1.29 is 30.4 Å². The number of piperidine rings is 1. The number of nitrogens with zero attached hydrogens (tertiary/aromatic N) is 5. The van der Waals surface area contributed by atoms with E-state index in [2.05, 4.69) is 24.9 Å². The molecule has 12 nitrogen and oxygen atoms in total. The molecule has 0 unspecified atom stereocenters. The fraction of sp³-hybridized carbons (Fsp3) is 0.229. The largest absolute Gasteiger partial charge is 0.378 e. The van der Waals surface area contributed by atoms with Crippen LogP contribution in [0.3, 0.4) is 0 Å². The molecule has 2 fully saturated rings. The quantitative estimate of drug-likeness (QED) is 0.161. The van der Waals surface area contributed by atoms with Gasteiger partial charge in [0.1, 0.15) is 34.1 Å². The Morgan fingerprint density at radius 3 is 2.40 bits per heavy atom. The van der Waals surface area contributed by atoms with Crippen LogP contribution in [0.5, 0.6) is 0 Å². The number of benzene rings is 3. The average Bonchev–Trinajstić information content (AvgIpc) is 3.52. The number of sulfonamides is 1. The van der Waals surface area contributed by atoms with Crippen molar-refractivity contribution >= 4 is 82.2 Å². The van der Waals surface area contributed by atoms with Crippen LogP contribution in [0.2, 0.25) is 10.0 Å². The summed E-state index contributed by atoms with van der Waals surface area (Å²) in [7, 11) is -8.19. The summed E-state index contributed by atoms with van der Waals surface area (Å²) in [6, 6.07) is 16.5. The predicted octanol–water partition coefficient (Wildman–Crippen LogP) is 6.74. The molecule has 0 spiro atoms. The fourth-order valence-electron chi connectivity index (χ4n) is 6.64. The second-order valence-electron chi connectivity index (χ2n) is 12.7. The van der Waals surface area contributed by atoms with E-state index in [1.54, 1.807) is 47.2 Å². The minimum Gasteiger partial charge on any atom is -0.378 e. The van der Waals surface area contributed by atoms with Crippen LogP contribution in [-0.2, 0) is 24.6 Å². The fourth-order valence-corrected chi connectivity index (χ4v) is 10.4. The summed E-state index contributed by atoms with van der Waals surface area (Å²) >= 11 is 12.1. The summed E-state index contributed by atoms with van der Waals surface area (Å²) in [4.78, 5) is 15.2. The van der Waals surface area contributed by atoms with Gasteiger partial charge in [-0.05, 0) is 68.4 Å². The first kappa shape index (κ1) is 35.6. The Balaban J connectivity index is 1.13. The van der Waals surface area contributed by atoms with Gasteiger partial charge in [0.2, 0.25) is 0 Å². The zero-order valence-corrected chi connectivity index (χ0v) is 30.7. The van der Waals surface area contributed by atoms with Crippen molar-refractivity contribution in [3.05, 3.63) is 101 Å². The van der Waals surface area contributed by atoms with Gasteiger partial charge in [0.15, 0.2) is 21.5 Å². The van der Waals surface area contributed by atoms with Crippen molar-refractivity contribution in [3.8, 4) is 5.82 Å². The summed E-state index contributed by atoms with van der Waals surface area (Å²) in [5.41, 5.74) is -0.287. The number of rotatable bonds is 9. The first-order valence-corrected chi connectivity index (χ1v) is 20.2. The van der Waals surface area contributed by atoms with Crippen molar-refractivity contribution in [2.45, 2.75) is 33.9 Å². The van der Waals surface area contributed by atoms with E-state index >= 15 is 8.78 Å². The Hall–Kier alpha value is -4.45. The van der Waals surface area contributed by atoms with Crippen LogP contribution < -0.4 is 10.0 Å². The lowest BCUT2D eigenvalue weighted by molar-refractivity contribution is -0.0695. The highest BCUT2D eigenvalue weighted by Crippen LogP contribution is 2.36. The first-order chi connectivity index (χ1) is 25.4. The van der Waals surface area contributed by atoms with Gasteiger partial charge in [0.05, 0.1) is 56.2 Å². The molecule has 8 rings (SSSR count). The number of anilines is 3. The van der Waals surface area contributed by atoms with Gasteiger partial charge in [-0.25, -0.2) is 40.6 Å². The topological polar surface area (TPSA) is 148 Å². The number of hydrogen-bond donors (Lipinski definition) is 2. The molecule has 2 aliphatic rings. The van der Waals surface area contributed by atoms with E-state index in [4.69, 9.17) is 32.9 Å². The number of sulfone groups is 1. The lowest BCUT2D eigenvalue weighted by Crippen LogP contribution is -2.53. The number of likely N-dealkylation sites (tertiary alicyclic amines) is 1. The Labute approximate surface area is 312 Å². The molecular weight excluding hydrogens is 771 g/mol. The van der Waals surface area contributed by atoms with Gasteiger partial charge in [-0.1, -0.05) is 47.5 Å². The maximum Gasteiger partial charge on any atom is 0.263 e. The normalized spacial score (nSPS) is 16.2. The summed E-state index contributed by atoms with van der Waals surface area (Å²) in [5, 5.41) is 2.30. The summed E-state index contributed by atoms with van der Waals surface area (Å²) in [5.74, 6) is -2.12. The van der Waals surface area contributed by atoms with Gasteiger partial charge in [-0.2, -0.15) is 0 Å². The molecule has 0 amide bonds. The molecule has 2 saturated heterocycles. The Morgan fingerprint density at radius 1 is 0.868 bits per heavy atom. The molecule has 6 aromatic rings. The van der Waals surface area contributed by atoms with Crippen LogP contribution in [0, 0.1) is 11.6 Å². The van der Waals surface area contributed by atoms with E-state index in [1.165, 1.54) is 24.5 Å². The first-order valence-electron chi connectivity index (χ1n) is 16.4. The number of aromatic nitrogens is 4. The number of halogens is 4.